The fourth-order valence-corrected chi connectivity index (χ4v) is 2.56. The number of para-hydroxylation sites is 1. The van der Waals surface area contributed by atoms with Crippen LogP contribution < -0.4 is 10.3 Å². The van der Waals surface area contributed by atoms with Gasteiger partial charge in [0.05, 0.1) is 12.7 Å². The molecule has 3 aromatic rings. The van der Waals surface area contributed by atoms with E-state index < -0.39 is 0 Å². The third-order valence-electron chi connectivity index (χ3n) is 3.82. The van der Waals surface area contributed by atoms with Gasteiger partial charge in [0.1, 0.15) is 5.75 Å². The van der Waals surface area contributed by atoms with Gasteiger partial charge in [0, 0.05) is 11.1 Å². The van der Waals surface area contributed by atoms with Gasteiger partial charge in [0.2, 0.25) is 0 Å². The number of aromatic amines is 1. The molecule has 0 bridgehead atoms. The molecule has 0 spiro atoms. The van der Waals surface area contributed by atoms with Gasteiger partial charge in [-0.2, -0.15) is 0 Å². The van der Waals surface area contributed by atoms with Crippen LogP contribution in [-0.4, -0.2) is 17.9 Å². The molecule has 1 N–H and O–H groups in total. The SMILES string of the molecule is COc1ccc(C)cc1C(=O)/C=C/c1cc2ccccc2[nH]c1=O. The van der Waals surface area contributed by atoms with Crippen molar-refractivity contribution in [3.63, 3.8) is 0 Å². The van der Waals surface area contributed by atoms with Gasteiger partial charge in [-0.05, 0) is 48.7 Å². The Kier molecular flexibility index (Phi) is 4.29. The number of hydrogen-bond acceptors (Lipinski definition) is 3. The summed E-state index contributed by atoms with van der Waals surface area (Å²) in [6.07, 6.45) is 2.94. The highest BCUT2D eigenvalue weighted by atomic mass is 16.5. The van der Waals surface area contributed by atoms with Gasteiger partial charge >= 0.3 is 0 Å². The number of H-pyrrole nitrogens is 1. The van der Waals surface area contributed by atoms with E-state index in [1.54, 1.807) is 18.2 Å². The minimum absolute atomic E-state index is 0.205. The lowest BCUT2D eigenvalue weighted by Gasteiger charge is -2.06. The van der Waals surface area contributed by atoms with Crippen LogP contribution in [0.4, 0.5) is 0 Å². The average Bonchev–Trinajstić information content (AvgIpc) is 2.59. The molecule has 24 heavy (non-hydrogen) atoms. The molecule has 1 heterocycles. The molecule has 0 aliphatic heterocycles. The van der Waals surface area contributed by atoms with Gasteiger partial charge in [-0.15, -0.1) is 0 Å². The third kappa shape index (κ3) is 3.13. The van der Waals surface area contributed by atoms with Crippen LogP contribution in [0.5, 0.6) is 5.75 Å². The number of nitrogens with one attached hydrogen (secondary N) is 1. The van der Waals surface area contributed by atoms with Crippen LogP contribution in [0.15, 0.2) is 59.4 Å². The first kappa shape index (κ1) is 15.7. The van der Waals surface area contributed by atoms with Crippen molar-refractivity contribution in [3.05, 3.63) is 81.7 Å². The summed E-state index contributed by atoms with van der Waals surface area (Å²) in [7, 11) is 1.53. The summed E-state index contributed by atoms with van der Waals surface area (Å²) in [6.45, 7) is 1.91. The van der Waals surface area contributed by atoms with Crippen LogP contribution in [0.2, 0.25) is 0 Å². The molecule has 2 aromatic carbocycles. The number of carbonyl (C=O) groups excluding carboxylic acids is 1. The van der Waals surface area contributed by atoms with Crippen molar-refractivity contribution >= 4 is 22.8 Å². The second-order valence-electron chi connectivity index (χ2n) is 5.54. The molecule has 1 aromatic heterocycles. The summed E-state index contributed by atoms with van der Waals surface area (Å²) in [5.41, 5.74) is 2.43. The lowest BCUT2D eigenvalue weighted by Crippen LogP contribution is -2.09. The number of aromatic nitrogens is 1. The number of hydrogen-bond donors (Lipinski definition) is 1. The standard InChI is InChI=1S/C20H17NO3/c1-13-7-10-19(24-2)16(11-13)18(22)9-8-15-12-14-5-3-4-6-17(14)21-20(15)23/h3-12H,1-2H3,(H,21,23)/b9-8+. The van der Waals surface area contributed by atoms with E-state index in [0.717, 1.165) is 16.5 Å². The Balaban J connectivity index is 1.96. The molecule has 0 atom stereocenters. The van der Waals surface area contributed by atoms with E-state index in [1.807, 2.05) is 37.3 Å². The van der Waals surface area contributed by atoms with E-state index in [2.05, 4.69) is 4.98 Å². The fraction of sp³-hybridized carbons (Fsp3) is 0.100. The highest BCUT2D eigenvalue weighted by molar-refractivity contribution is 6.08. The summed E-state index contributed by atoms with van der Waals surface area (Å²) in [4.78, 5) is 27.4. The molecule has 0 amide bonds. The van der Waals surface area contributed by atoms with Crippen molar-refractivity contribution in [1.82, 2.24) is 4.98 Å². The molecule has 4 heteroatoms. The largest absolute Gasteiger partial charge is 0.496 e. The number of carbonyl (C=O) groups is 1. The van der Waals surface area contributed by atoms with Crippen molar-refractivity contribution < 1.29 is 9.53 Å². The normalized spacial score (nSPS) is 11.1. The molecule has 0 fully saturated rings. The van der Waals surface area contributed by atoms with Crippen LogP contribution in [0, 0.1) is 6.92 Å². The Hall–Kier alpha value is -3.14. The number of benzene rings is 2. The van der Waals surface area contributed by atoms with E-state index in [1.165, 1.54) is 19.3 Å². The maximum atomic E-state index is 12.4. The Morgan fingerprint density at radius 1 is 1.12 bits per heavy atom. The zero-order valence-electron chi connectivity index (χ0n) is 13.5. The summed E-state index contributed by atoms with van der Waals surface area (Å²) >= 11 is 0. The molecule has 0 radical (unpaired) electrons. The lowest BCUT2D eigenvalue weighted by molar-refractivity contribution is 0.104. The zero-order chi connectivity index (χ0) is 17.1. The van der Waals surface area contributed by atoms with Crippen molar-refractivity contribution in [2.24, 2.45) is 0 Å². The number of rotatable bonds is 4. The number of ether oxygens (including phenoxy) is 1. The summed E-state index contributed by atoms with van der Waals surface area (Å²) in [6, 6.07) is 14.7. The predicted molar refractivity (Wildman–Crippen MR) is 95.7 cm³/mol. The Morgan fingerprint density at radius 3 is 2.71 bits per heavy atom. The summed E-state index contributed by atoms with van der Waals surface area (Å²) in [5.74, 6) is 0.311. The molecule has 0 saturated heterocycles. The molecular weight excluding hydrogens is 302 g/mol. The van der Waals surface area contributed by atoms with Gasteiger partial charge < -0.3 is 9.72 Å². The number of fused-ring (bicyclic) bond motifs is 1. The number of methoxy groups -OCH3 is 1. The van der Waals surface area contributed by atoms with E-state index >= 15 is 0 Å². The van der Waals surface area contributed by atoms with Crippen molar-refractivity contribution in [2.45, 2.75) is 6.92 Å². The van der Waals surface area contributed by atoms with Crippen LogP contribution in [0.25, 0.3) is 17.0 Å². The smallest absolute Gasteiger partial charge is 0.255 e. The molecular formula is C20H17NO3. The van der Waals surface area contributed by atoms with Crippen LogP contribution in [0.1, 0.15) is 21.5 Å². The molecule has 0 aliphatic rings. The minimum atomic E-state index is -0.228. The molecule has 0 aliphatic carbocycles. The first-order valence-electron chi connectivity index (χ1n) is 7.57. The van der Waals surface area contributed by atoms with E-state index in [4.69, 9.17) is 4.74 Å². The van der Waals surface area contributed by atoms with E-state index in [-0.39, 0.29) is 11.3 Å². The third-order valence-corrected chi connectivity index (χ3v) is 3.82. The van der Waals surface area contributed by atoms with Crippen molar-refractivity contribution in [1.29, 1.82) is 0 Å². The lowest BCUT2D eigenvalue weighted by atomic mass is 10.1. The molecule has 120 valence electrons. The number of allylic oxidation sites excluding steroid dienone is 1. The second-order valence-corrected chi connectivity index (χ2v) is 5.54. The molecule has 0 unspecified atom stereocenters. The quantitative estimate of drug-likeness (QED) is 0.588. The first-order valence-corrected chi connectivity index (χ1v) is 7.57. The average molecular weight is 319 g/mol. The van der Waals surface area contributed by atoms with Gasteiger partial charge in [0.15, 0.2) is 5.78 Å². The Labute approximate surface area is 139 Å². The van der Waals surface area contributed by atoms with Crippen molar-refractivity contribution in [3.8, 4) is 5.75 Å². The summed E-state index contributed by atoms with van der Waals surface area (Å²) < 4.78 is 5.23. The van der Waals surface area contributed by atoms with E-state index in [0.29, 0.717) is 16.9 Å². The molecule has 0 saturated carbocycles. The van der Waals surface area contributed by atoms with Crippen molar-refractivity contribution in [2.75, 3.05) is 7.11 Å². The fourth-order valence-electron chi connectivity index (χ4n) is 2.56. The zero-order valence-corrected chi connectivity index (χ0v) is 13.5. The Morgan fingerprint density at radius 2 is 1.92 bits per heavy atom. The van der Waals surface area contributed by atoms with Gasteiger partial charge in [-0.25, -0.2) is 0 Å². The molecule has 3 rings (SSSR count). The number of ketones is 1. The Bertz CT molecular complexity index is 999. The highest BCUT2D eigenvalue weighted by Gasteiger charge is 2.10. The molecule has 4 nitrogen and oxygen atoms in total. The summed E-state index contributed by atoms with van der Waals surface area (Å²) in [5, 5.41) is 0.914. The van der Waals surface area contributed by atoms with Gasteiger partial charge in [-0.1, -0.05) is 29.8 Å². The highest BCUT2D eigenvalue weighted by Crippen LogP contribution is 2.21. The maximum Gasteiger partial charge on any atom is 0.255 e. The maximum absolute atomic E-state index is 12.4. The predicted octanol–water partition coefficient (Wildman–Crippen LogP) is 3.74. The van der Waals surface area contributed by atoms with Gasteiger partial charge in [-0.3, -0.25) is 9.59 Å². The van der Waals surface area contributed by atoms with Crippen LogP contribution >= 0.6 is 0 Å². The number of pyridine rings is 1. The van der Waals surface area contributed by atoms with Crippen LogP contribution in [0.3, 0.4) is 0 Å². The second kappa shape index (κ2) is 6.54. The monoisotopic (exact) mass is 319 g/mol. The first-order chi connectivity index (χ1) is 11.6. The topological polar surface area (TPSA) is 59.2 Å². The van der Waals surface area contributed by atoms with Gasteiger partial charge in [0.25, 0.3) is 5.56 Å². The van der Waals surface area contributed by atoms with E-state index in [9.17, 15) is 9.59 Å². The minimum Gasteiger partial charge on any atom is -0.496 e. The number of aryl methyl sites for hydroxylation is 1. The van der Waals surface area contributed by atoms with Crippen LogP contribution in [-0.2, 0) is 0 Å².